The van der Waals surface area contributed by atoms with Crippen molar-refractivity contribution in [1.29, 1.82) is 0 Å². The van der Waals surface area contributed by atoms with Crippen molar-refractivity contribution in [3.05, 3.63) is 35.6 Å². The van der Waals surface area contributed by atoms with Crippen molar-refractivity contribution in [3.63, 3.8) is 0 Å². The fraction of sp³-hybridized carbons (Fsp3) is 0.429. The number of hydrogen-bond acceptors (Lipinski definition) is 2. The Morgan fingerprint density at radius 1 is 1.35 bits per heavy atom. The topological polar surface area (TPSA) is 78.4 Å². The minimum Gasteiger partial charge on any atom is -0.480 e. The van der Waals surface area contributed by atoms with Gasteiger partial charge in [0, 0.05) is 6.54 Å². The molecule has 0 radical (unpaired) electrons. The Hall–Kier alpha value is -2.11. The van der Waals surface area contributed by atoms with Gasteiger partial charge in [0.05, 0.1) is 0 Å². The summed E-state index contributed by atoms with van der Waals surface area (Å²) >= 11 is 0. The lowest BCUT2D eigenvalue weighted by molar-refractivity contribution is -0.148. The van der Waals surface area contributed by atoms with Crippen molar-refractivity contribution in [2.24, 2.45) is 0 Å². The summed E-state index contributed by atoms with van der Waals surface area (Å²) in [6.45, 7) is 0.324. The van der Waals surface area contributed by atoms with E-state index >= 15 is 0 Å². The maximum Gasteiger partial charge on any atom is 0.329 e. The predicted molar refractivity (Wildman–Crippen MR) is 70.9 cm³/mol. The number of carboxylic acid groups (broad SMARTS) is 1. The van der Waals surface area contributed by atoms with Crippen LogP contribution in [0.3, 0.4) is 0 Å². The summed E-state index contributed by atoms with van der Waals surface area (Å²) in [5, 5.41) is 14.2. The molecule has 0 unspecified atom stereocenters. The summed E-state index contributed by atoms with van der Waals surface area (Å²) in [4.78, 5) is 22.7. The SMILES string of the molecule is O=C(NCCc1cccc(F)c1)NC1(C(=O)O)CCC1. The first-order valence-electron chi connectivity index (χ1n) is 6.56. The Morgan fingerprint density at radius 2 is 2.10 bits per heavy atom. The van der Waals surface area contributed by atoms with Crippen molar-refractivity contribution < 1.29 is 19.1 Å². The largest absolute Gasteiger partial charge is 0.480 e. The van der Waals surface area contributed by atoms with Crippen LogP contribution in [0.1, 0.15) is 24.8 Å². The van der Waals surface area contributed by atoms with Crippen molar-refractivity contribution in [2.75, 3.05) is 6.54 Å². The van der Waals surface area contributed by atoms with Crippen LogP contribution in [0.25, 0.3) is 0 Å². The Bertz CT molecular complexity index is 515. The molecule has 1 aliphatic carbocycles. The maximum atomic E-state index is 13.0. The molecule has 3 N–H and O–H groups in total. The zero-order valence-electron chi connectivity index (χ0n) is 11.0. The van der Waals surface area contributed by atoms with Gasteiger partial charge in [0.15, 0.2) is 0 Å². The van der Waals surface area contributed by atoms with Gasteiger partial charge >= 0.3 is 12.0 Å². The molecular weight excluding hydrogens is 263 g/mol. The molecule has 108 valence electrons. The lowest BCUT2D eigenvalue weighted by Gasteiger charge is -2.38. The summed E-state index contributed by atoms with van der Waals surface area (Å²) in [7, 11) is 0. The zero-order valence-corrected chi connectivity index (χ0v) is 11.0. The molecule has 0 saturated heterocycles. The Balaban J connectivity index is 1.77. The molecule has 0 aromatic heterocycles. The number of urea groups is 1. The molecule has 6 heteroatoms. The molecule has 1 aromatic rings. The van der Waals surface area contributed by atoms with Crippen molar-refractivity contribution >= 4 is 12.0 Å². The Morgan fingerprint density at radius 3 is 2.65 bits per heavy atom. The average molecular weight is 280 g/mol. The van der Waals surface area contributed by atoms with Crippen LogP contribution in [0.5, 0.6) is 0 Å². The molecule has 0 bridgehead atoms. The number of amides is 2. The highest BCUT2D eigenvalue weighted by Crippen LogP contribution is 2.31. The van der Waals surface area contributed by atoms with Gasteiger partial charge in [0.1, 0.15) is 11.4 Å². The third kappa shape index (κ3) is 3.26. The van der Waals surface area contributed by atoms with E-state index in [1.165, 1.54) is 12.1 Å². The number of carbonyl (C=O) groups is 2. The number of halogens is 1. The van der Waals surface area contributed by atoms with Crippen LogP contribution < -0.4 is 10.6 Å². The van der Waals surface area contributed by atoms with Gasteiger partial charge in [-0.25, -0.2) is 14.0 Å². The van der Waals surface area contributed by atoms with Crippen LogP contribution in [0.2, 0.25) is 0 Å². The van der Waals surface area contributed by atoms with E-state index < -0.39 is 17.5 Å². The van der Waals surface area contributed by atoms with Gasteiger partial charge in [0.25, 0.3) is 0 Å². The number of rotatable bonds is 5. The number of carboxylic acids is 1. The summed E-state index contributed by atoms with van der Waals surface area (Å²) < 4.78 is 13.0. The first-order chi connectivity index (χ1) is 9.52. The summed E-state index contributed by atoms with van der Waals surface area (Å²) in [6, 6.07) is 5.65. The highest BCUT2D eigenvalue weighted by molar-refractivity contribution is 5.87. The smallest absolute Gasteiger partial charge is 0.329 e. The van der Waals surface area contributed by atoms with Gasteiger partial charge in [-0.05, 0) is 43.4 Å². The van der Waals surface area contributed by atoms with Crippen molar-refractivity contribution in [3.8, 4) is 0 Å². The molecule has 1 aromatic carbocycles. The second-order valence-corrected chi connectivity index (χ2v) is 5.00. The predicted octanol–water partition coefficient (Wildman–Crippen LogP) is 1.67. The average Bonchev–Trinajstić information content (AvgIpc) is 2.33. The van der Waals surface area contributed by atoms with Crippen LogP contribution >= 0.6 is 0 Å². The molecule has 1 saturated carbocycles. The molecule has 0 spiro atoms. The first-order valence-corrected chi connectivity index (χ1v) is 6.56. The second kappa shape index (κ2) is 5.90. The van der Waals surface area contributed by atoms with E-state index in [0.29, 0.717) is 25.8 Å². The highest BCUT2D eigenvalue weighted by atomic mass is 19.1. The van der Waals surface area contributed by atoms with Crippen LogP contribution in [-0.2, 0) is 11.2 Å². The van der Waals surface area contributed by atoms with Gasteiger partial charge in [-0.3, -0.25) is 0 Å². The fourth-order valence-corrected chi connectivity index (χ4v) is 2.20. The van der Waals surface area contributed by atoms with Gasteiger partial charge in [-0.15, -0.1) is 0 Å². The van der Waals surface area contributed by atoms with Gasteiger partial charge in [0.2, 0.25) is 0 Å². The van der Waals surface area contributed by atoms with Gasteiger partial charge in [-0.1, -0.05) is 12.1 Å². The van der Waals surface area contributed by atoms with Crippen molar-refractivity contribution in [2.45, 2.75) is 31.2 Å². The zero-order chi connectivity index (χ0) is 14.6. The molecule has 20 heavy (non-hydrogen) atoms. The third-order valence-corrected chi connectivity index (χ3v) is 3.56. The third-order valence-electron chi connectivity index (χ3n) is 3.56. The summed E-state index contributed by atoms with van der Waals surface area (Å²) in [5.74, 6) is -1.31. The molecule has 2 amide bonds. The molecule has 0 aliphatic heterocycles. The molecule has 1 aliphatic rings. The van der Waals surface area contributed by atoms with E-state index in [1.54, 1.807) is 12.1 Å². The molecule has 0 heterocycles. The molecule has 0 atom stereocenters. The van der Waals surface area contributed by atoms with E-state index in [4.69, 9.17) is 5.11 Å². The van der Waals surface area contributed by atoms with Gasteiger partial charge < -0.3 is 15.7 Å². The minimum absolute atomic E-state index is 0.314. The lowest BCUT2D eigenvalue weighted by Crippen LogP contribution is -2.61. The van der Waals surface area contributed by atoms with Crippen LogP contribution in [0.4, 0.5) is 9.18 Å². The summed E-state index contributed by atoms with van der Waals surface area (Å²) in [6.07, 6.45) is 2.21. The van der Waals surface area contributed by atoms with Crippen LogP contribution in [0.15, 0.2) is 24.3 Å². The quantitative estimate of drug-likeness (QED) is 0.767. The lowest BCUT2D eigenvalue weighted by atomic mass is 9.77. The number of nitrogens with one attached hydrogen (secondary N) is 2. The van der Waals surface area contributed by atoms with Crippen LogP contribution in [0, 0.1) is 5.82 Å². The monoisotopic (exact) mass is 280 g/mol. The fourth-order valence-electron chi connectivity index (χ4n) is 2.20. The van der Waals surface area contributed by atoms with Crippen molar-refractivity contribution in [1.82, 2.24) is 10.6 Å². The molecular formula is C14H17FN2O3. The molecule has 5 nitrogen and oxygen atoms in total. The second-order valence-electron chi connectivity index (χ2n) is 5.00. The number of aliphatic carboxylic acids is 1. The minimum atomic E-state index is -1.11. The Labute approximate surface area is 116 Å². The van der Waals surface area contributed by atoms with E-state index in [-0.39, 0.29) is 5.82 Å². The molecule has 2 rings (SSSR count). The number of benzene rings is 1. The maximum absolute atomic E-state index is 13.0. The number of carbonyl (C=O) groups excluding carboxylic acids is 1. The van der Waals surface area contributed by atoms with Crippen LogP contribution in [-0.4, -0.2) is 29.2 Å². The number of hydrogen-bond donors (Lipinski definition) is 3. The standard InChI is InChI=1S/C14H17FN2O3/c15-11-4-1-3-10(9-11)5-8-16-13(20)17-14(12(18)19)6-2-7-14/h1,3-4,9H,2,5-8H2,(H,18,19)(H2,16,17,20). The normalized spacial score (nSPS) is 16.1. The molecule has 1 fully saturated rings. The van der Waals surface area contributed by atoms with E-state index in [0.717, 1.165) is 12.0 Å². The van der Waals surface area contributed by atoms with Gasteiger partial charge in [-0.2, -0.15) is 0 Å². The Kier molecular flexibility index (Phi) is 4.22. The van der Waals surface area contributed by atoms with E-state index in [9.17, 15) is 14.0 Å². The van der Waals surface area contributed by atoms with E-state index in [2.05, 4.69) is 10.6 Å². The highest BCUT2D eigenvalue weighted by Gasteiger charge is 2.45. The first kappa shape index (κ1) is 14.3. The summed E-state index contributed by atoms with van der Waals surface area (Å²) in [5.41, 5.74) is -0.329. The van der Waals surface area contributed by atoms with E-state index in [1.807, 2.05) is 0 Å².